The Morgan fingerprint density at radius 2 is 1.66 bits per heavy atom. The minimum absolute atomic E-state index is 0.000943. The SMILES string of the molecule is CC1=C(C(=O)c2ccccc2)C(c2ccc(Cl)cc2)n2c(nc3ccccc32)N1. The number of nitrogens with one attached hydrogen (secondary N) is 1. The minimum atomic E-state index is -0.302. The summed E-state index contributed by atoms with van der Waals surface area (Å²) in [7, 11) is 0. The Morgan fingerprint density at radius 1 is 0.966 bits per heavy atom. The lowest BCUT2D eigenvalue weighted by Crippen LogP contribution is -2.28. The van der Waals surface area contributed by atoms with Crippen LogP contribution in [0.15, 0.2) is 90.1 Å². The summed E-state index contributed by atoms with van der Waals surface area (Å²) in [5.41, 5.74) is 5.01. The molecule has 4 aromatic rings. The summed E-state index contributed by atoms with van der Waals surface area (Å²) in [5, 5.41) is 4.01. The highest BCUT2D eigenvalue weighted by atomic mass is 35.5. The number of para-hydroxylation sites is 2. The number of carbonyl (C=O) groups is 1. The molecule has 0 spiro atoms. The van der Waals surface area contributed by atoms with Gasteiger partial charge in [0.05, 0.1) is 17.1 Å². The van der Waals surface area contributed by atoms with Gasteiger partial charge in [0.2, 0.25) is 5.95 Å². The van der Waals surface area contributed by atoms with Crippen molar-refractivity contribution < 1.29 is 4.79 Å². The number of nitrogens with zero attached hydrogens (tertiary/aromatic N) is 2. The van der Waals surface area contributed by atoms with Gasteiger partial charge < -0.3 is 5.32 Å². The van der Waals surface area contributed by atoms with E-state index < -0.39 is 0 Å². The average Bonchev–Trinajstić information content (AvgIpc) is 3.11. The van der Waals surface area contributed by atoms with Crippen molar-refractivity contribution in [1.82, 2.24) is 9.55 Å². The Hall–Kier alpha value is -3.37. The van der Waals surface area contributed by atoms with Crippen molar-refractivity contribution in [2.24, 2.45) is 0 Å². The zero-order valence-electron chi connectivity index (χ0n) is 15.8. The molecule has 1 aromatic heterocycles. The highest BCUT2D eigenvalue weighted by molar-refractivity contribution is 6.30. The number of anilines is 1. The third-order valence-electron chi connectivity index (χ3n) is 5.30. The van der Waals surface area contributed by atoms with E-state index in [4.69, 9.17) is 16.6 Å². The van der Waals surface area contributed by atoms with Crippen LogP contribution in [-0.2, 0) is 0 Å². The number of rotatable bonds is 3. The fraction of sp³-hybridized carbons (Fsp3) is 0.0833. The lowest BCUT2D eigenvalue weighted by molar-refractivity contribution is 0.102. The summed E-state index contributed by atoms with van der Waals surface area (Å²) in [6.07, 6.45) is 0. The Kier molecular flexibility index (Phi) is 4.22. The van der Waals surface area contributed by atoms with Crippen LogP contribution in [0, 0.1) is 0 Å². The first kappa shape index (κ1) is 17.7. The second-order valence-electron chi connectivity index (χ2n) is 7.11. The van der Waals surface area contributed by atoms with Gasteiger partial charge in [0, 0.05) is 21.9 Å². The van der Waals surface area contributed by atoms with Crippen molar-refractivity contribution in [3.05, 3.63) is 106 Å². The average molecular weight is 400 g/mol. The molecule has 1 atom stereocenters. The van der Waals surface area contributed by atoms with Gasteiger partial charge in [0.25, 0.3) is 0 Å². The number of Topliss-reactive ketones (excluding diaryl/α,β-unsaturated/α-hetero) is 1. The molecule has 142 valence electrons. The summed E-state index contributed by atoms with van der Waals surface area (Å²) >= 11 is 6.14. The number of imidazole rings is 1. The first-order chi connectivity index (χ1) is 14.1. The van der Waals surface area contributed by atoms with E-state index in [0.29, 0.717) is 16.2 Å². The molecule has 3 aromatic carbocycles. The molecule has 0 amide bonds. The van der Waals surface area contributed by atoms with Gasteiger partial charge in [-0.1, -0.05) is 66.2 Å². The first-order valence-electron chi connectivity index (χ1n) is 9.43. The molecule has 1 unspecified atom stereocenters. The second-order valence-corrected chi connectivity index (χ2v) is 7.54. The molecule has 0 aliphatic carbocycles. The van der Waals surface area contributed by atoms with Crippen LogP contribution in [0.5, 0.6) is 0 Å². The number of hydrogen-bond acceptors (Lipinski definition) is 3. The number of carbonyl (C=O) groups excluding carboxylic acids is 1. The normalized spacial score (nSPS) is 15.9. The highest BCUT2D eigenvalue weighted by Crippen LogP contribution is 2.40. The van der Waals surface area contributed by atoms with E-state index in [1.165, 1.54) is 0 Å². The van der Waals surface area contributed by atoms with Crippen molar-refractivity contribution in [3.63, 3.8) is 0 Å². The molecule has 4 nitrogen and oxygen atoms in total. The molecule has 0 radical (unpaired) electrons. The maximum atomic E-state index is 13.6. The van der Waals surface area contributed by atoms with Gasteiger partial charge in [-0.2, -0.15) is 0 Å². The second kappa shape index (κ2) is 6.90. The Balaban J connectivity index is 1.76. The third kappa shape index (κ3) is 2.93. The third-order valence-corrected chi connectivity index (χ3v) is 5.55. The number of ketones is 1. The number of aromatic nitrogens is 2. The summed E-state index contributed by atoms with van der Waals surface area (Å²) < 4.78 is 2.10. The molecule has 5 heteroatoms. The summed E-state index contributed by atoms with van der Waals surface area (Å²) in [4.78, 5) is 18.3. The summed E-state index contributed by atoms with van der Waals surface area (Å²) in [5.74, 6) is 0.729. The fourth-order valence-electron chi connectivity index (χ4n) is 3.96. The Labute approximate surface area is 173 Å². The van der Waals surface area contributed by atoms with Crippen molar-refractivity contribution >= 4 is 34.4 Å². The molecular weight excluding hydrogens is 382 g/mol. The van der Waals surface area contributed by atoms with Gasteiger partial charge in [0.1, 0.15) is 0 Å². The minimum Gasteiger partial charge on any atom is -0.329 e. The highest BCUT2D eigenvalue weighted by Gasteiger charge is 2.34. The fourth-order valence-corrected chi connectivity index (χ4v) is 4.09. The van der Waals surface area contributed by atoms with Crippen LogP contribution < -0.4 is 5.32 Å². The van der Waals surface area contributed by atoms with Crippen LogP contribution in [0.1, 0.15) is 28.9 Å². The van der Waals surface area contributed by atoms with Gasteiger partial charge in [-0.15, -0.1) is 0 Å². The van der Waals surface area contributed by atoms with Crippen molar-refractivity contribution in [2.75, 3.05) is 5.32 Å². The molecule has 5 rings (SSSR count). The van der Waals surface area contributed by atoms with Crippen molar-refractivity contribution in [1.29, 1.82) is 0 Å². The topological polar surface area (TPSA) is 46.9 Å². The van der Waals surface area contributed by atoms with Gasteiger partial charge in [-0.25, -0.2) is 4.98 Å². The van der Waals surface area contributed by atoms with Crippen LogP contribution in [0.2, 0.25) is 5.02 Å². The Morgan fingerprint density at radius 3 is 2.41 bits per heavy atom. The predicted octanol–water partition coefficient (Wildman–Crippen LogP) is 5.86. The van der Waals surface area contributed by atoms with E-state index in [-0.39, 0.29) is 11.8 Å². The molecule has 0 saturated carbocycles. The van der Waals surface area contributed by atoms with E-state index in [2.05, 4.69) is 9.88 Å². The van der Waals surface area contributed by atoms with Crippen LogP contribution in [0.3, 0.4) is 0 Å². The van der Waals surface area contributed by atoms with E-state index in [0.717, 1.165) is 28.2 Å². The van der Waals surface area contributed by atoms with Crippen molar-refractivity contribution in [2.45, 2.75) is 13.0 Å². The maximum Gasteiger partial charge on any atom is 0.209 e. The van der Waals surface area contributed by atoms with E-state index in [1.807, 2.05) is 85.8 Å². The zero-order chi connectivity index (χ0) is 20.0. The molecule has 1 aliphatic rings. The van der Waals surface area contributed by atoms with Gasteiger partial charge in [-0.3, -0.25) is 9.36 Å². The molecule has 2 heterocycles. The molecular formula is C24H18ClN3O. The number of fused-ring (bicyclic) bond motifs is 3. The van der Waals surface area contributed by atoms with Crippen LogP contribution >= 0.6 is 11.6 Å². The summed E-state index contributed by atoms with van der Waals surface area (Å²) in [6.45, 7) is 1.93. The number of halogens is 1. The van der Waals surface area contributed by atoms with E-state index in [9.17, 15) is 4.79 Å². The largest absolute Gasteiger partial charge is 0.329 e. The van der Waals surface area contributed by atoms with Crippen LogP contribution in [-0.4, -0.2) is 15.3 Å². The van der Waals surface area contributed by atoms with Crippen molar-refractivity contribution in [3.8, 4) is 0 Å². The number of benzene rings is 3. The van der Waals surface area contributed by atoms with Crippen LogP contribution in [0.4, 0.5) is 5.95 Å². The molecule has 29 heavy (non-hydrogen) atoms. The zero-order valence-corrected chi connectivity index (χ0v) is 16.5. The van der Waals surface area contributed by atoms with Gasteiger partial charge >= 0.3 is 0 Å². The molecule has 0 fully saturated rings. The smallest absolute Gasteiger partial charge is 0.209 e. The lowest BCUT2D eigenvalue weighted by atomic mass is 9.89. The van der Waals surface area contributed by atoms with E-state index >= 15 is 0 Å². The standard InChI is InChI=1S/C24H18ClN3O/c1-15-21(23(29)17-7-3-2-4-8-17)22(16-11-13-18(25)14-12-16)28-20-10-6-5-9-19(20)27-24(28)26-15/h2-14,22H,1H3,(H,26,27). The number of hydrogen-bond donors (Lipinski definition) is 1. The van der Waals surface area contributed by atoms with Gasteiger partial charge in [-0.05, 0) is 36.8 Å². The number of allylic oxidation sites excluding steroid dienone is 2. The quantitative estimate of drug-likeness (QED) is 0.439. The Bertz CT molecular complexity index is 1260. The lowest BCUT2D eigenvalue weighted by Gasteiger charge is -2.30. The maximum absolute atomic E-state index is 13.6. The molecule has 0 bridgehead atoms. The first-order valence-corrected chi connectivity index (χ1v) is 9.81. The van der Waals surface area contributed by atoms with Crippen LogP contribution in [0.25, 0.3) is 11.0 Å². The molecule has 1 aliphatic heterocycles. The summed E-state index contributed by atoms with van der Waals surface area (Å²) in [6, 6.07) is 24.7. The van der Waals surface area contributed by atoms with Gasteiger partial charge in [0.15, 0.2) is 5.78 Å². The molecule has 1 N–H and O–H groups in total. The predicted molar refractivity (Wildman–Crippen MR) is 116 cm³/mol. The monoisotopic (exact) mass is 399 g/mol. The van der Waals surface area contributed by atoms with E-state index in [1.54, 1.807) is 0 Å². The molecule has 0 saturated heterocycles.